The lowest BCUT2D eigenvalue weighted by molar-refractivity contribution is -0.133. The highest BCUT2D eigenvalue weighted by molar-refractivity contribution is 5.81. The molecule has 0 bridgehead atoms. The molecule has 2 unspecified atom stereocenters. The van der Waals surface area contributed by atoms with E-state index >= 15 is 0 Å². The number of hydrogen-bond acceptors (Lipinski definition) is 3. The molecule has 0 saturated carbocycles. The monoisotopic (exact) mass is 290 g/mol. The summed E-state index contributed by atoms with van der Waals surface area (Å²) in [6, 6.07) is 7.66. The first-order chi connectivity index (χ1) is 9.70. The van der Waals surface area contributed by atoms with Crippen molar-refractivity contribution in [3.63, 3.8) is 0 Å². The quantitative estimate of drug-likeness (QED) is 0.931. The Balaban J connectivity index is 2.36. The van der Waals surface area contributed by atoms with Gasteiger partial charge in [0.25, 0.3) is 0 Å². The van der Waals surface area contributed by atoms with Crippen molar-refractivity contribution < 1.29 is 9.53 Å². The largest absolute Gasteiger partial charge is 0.491 e. The molecule has 1 aromatic carbocycles. The van der Waals surface area contributed by atoms with Crippen molar-refractivity contribution in [3.05, 3.63) is 29.8 Å². The van der Waals surface area contributed by atoms with E-state index in [2.05, 4.69) is 0 Å². The van der Waals surface area contributed by atoms with Gasteiger partial charge in [0.1, 0.15) is 5.75 Å². The summed E-state index contributed by atoms with van der Waals surface area (Å²) in [5.41, 5.74) is 7.03. The smallest absolute Gasteiger partial charge is 0.225 e. The van der Waals surface area contributed by atoms with Gasteiger partial charge in [-0.25, -0.2) is 0 Å². The number of hydrogen-bond donors (Lipinski definition) is 1. The second-order valence-electron chi connectivity index (χ2n) is 6.99. The highest BCUT2D eigenvalue weighted by atomic mass is 16.5. The third-order valence-corrected chi connectivity index (χ3v) is 3.66. The molecule has 1 aliphatic rings. The second kappa shape index (κ2) is 5.68. The van der Waals surface area contributed by atoms with Crippen molar-refractivity contribution in [2.75, 3.05) is 0 Å². The number of rotatable bonds is 3. The van der Waals surface area contributed by atoms with E-state index in [4.69, 9.17) is 10.5 Å². The van der Waals surface area contributed by atoms with E-state index < -0.39 is 0 Å². The van der Waals surface area contributed by atoms with Crippen LogP contribution in [0.5, 0.6) is 5.75 Å². The number of nitrogens with zero attached hydrogens (tertiary/aromatic N) is 1. The average molecular weight is 290 g/mol. The van der Waals surface area contributed by atoms with E-state index in [1.807, 2.05) is 63.8 Å². The molecule has 1 heterocycles. The number of amides is 1. The van der Waals surface area contributed by atoms with Crippen LogP contribution in [0.3, 0.4) is 0 Å². The Labute approximate surface area is 127 Å². The highest BCUT2D eigenvalue weighted by Crippen LogP contribution is 2.38. The van der Waals surface area contributed by atoms with Gasteiger partial charge in [-0.2, -0.15) is 0 Å². The van der Waals surface area contributed by atoms with Gasteiger partial charge in [-0.1, -0.05) is 12.1 Å². The van der Waals surface area contributed by atoms with Gasteiger partial charge in [-0.05, 0) is 52.3 Å². The molecule has 2 N–H and O–H groups in total. The standard InChI is InChI=1S/C17H26N2O2/c1-11(2)21-13-8-6-7-12(9-13)16-14(18)10-15(20)19(16)17(3,4)5/h6-9,11,14,16H,10,18H2,1-5H3. The van der Waals surface area contributed by atoms with E-state index in [1.54, 1.807) is 0 Å². The van der Waals surface area contributed by atoms with Crippen LogP contribution >= 0.6 is 0 Å². The Kier molecular flexibility index (Phi) is 4.28. The van der Waals surface area contributed by atoms with Gasteiger partial charge >= 0.3 is 0 Å². The van der Waals surface area contributed by atoms with E-state index in [0.29, 0.717) is 6.42 Å². The first-order valence-electron chi connectivity index (χ1n) is 7.54. The Morgan fingerprint density at radius 3 is 2.57 bits per heavy atom. The molecule has 4 heteroatoms. The Morgan fingerprint density at radius 2 is 2.00 bits per heavy atom. The lowest BCUT2D eigenvalue weighted by Crippen LogP contribution is -2.45. The molecular weight excluding hydrogens is 264 g/mol. The maximum absolute atomic E-state index is 12.3. The Hall–Kier alpha value is -1.55. The topological polar surface area (TPSA) is 55.6 Å². The van der Waals surface area contributed by atoms with E-state index in [0.717, 1.165) is 11.3 Å². The fourth-order valence-electron chi connectivity index (χ4n) is 2.99. The first-order valence-corrected chi connectivity index (χ1v) is 7.54. The highest BCUT2D eigenvalue weighted by Gasteiger charge is 2.43. The molecule has 2 atom stereocenters. The number of nitrogens with two attached hydrogens (primary N) is 1. The summed E-state index contributed by atoms with van der Waals surface area (Å²) in [7, 11) is 0. The predicted octanol–water partition coefficient (Wildman–Crippen LogP) is 2.87. The van der Waals surface area contributed by atoms with E-state index in [-0.39, 0.29) is 29.6 Å². The second-order valence-corrected chi connectivity index (χ2v) is 6.99. The summed E-state index contributed by atoms with van der Waals surface area (Å²) in [5, 5.41) is 0. The molecule has 1 aliphatic heterocycles. The summed E-state index contributed by atoms with van der Waals surface area (Å²) >= 11 is 0. The minimum Gasteiger partial charge on any atom is -0.491 e. The lowest BCUT2D eigenvalue weighted by atomic mass is 9.97. The van der Waals surface area contributed by atoms with Gasteiger partial charge in [0, 0.05) is 18.0 Å². The first kappa shape index (κ1) is 15.8. The van der Waals surface area contributed by atoms with E-state index in [9.17, 15) is 4.79 Å². The molecule has 1 amide bonds. The molecule has 4 nitrogen and oxygen atoms in total. The number of carbonyl (C=O) groups is 1. The molecule has 2 rings (SSSR count). The van der Waals surface area contributed by atoms with E-state index in [1.165, 1.54) is 0 Å². The molecule has 0 spiro atoms. The van der Waals surface area contributed by atoms with Gasteiger partial charge in [-0.3, -0.25) is 4.79 Å². The average Bonchev–Trinajstić information content (AvgIpc) is 2.63. The molecule has 0 aromatic heterocycles. The SMILES string of the molecule is CC(C)Oc1cccc(C2C(N)CC(=O)N2C(C)(C)C)c1. The van der Waals surface area contributed by atoms with Gasteiger partial charge in [0.15, 0.2) is 0 Å². The van der Waals surface area contributed by atoms with Crippen LogP contribution in [0.4, 0.5) is 0 Å². The predicted molar refractivity (Wildman–Crippen MR) is 84.1 cm³/mol. The molecule has 0 radical (unpaired) electrons. The maximum atomic E-state index is 12.3. The van der Waals surface area contributed by atoms with Crippen LogP contribution in [0, 0.1) is 0 Å². The Bertz CT molecular complexity index is 520. The number of carbonyl (C=O) groups excluding carboxylic acids is 1. The van der Waals surface area contributed by atoms with Crippen LogP contribution < -0.4 is 10.5 Å². The molecule has 116 valence electrons. The fourth-order valence-corrected chi connectivity index (χ4v) is 2.99. The van der Waals surface area contributed by atoms with Crippen LogP contribution in [0.15, 0.2) is 24.3 Å². The van der Waals surface area contributed by atoms with Crippen molar-refractivity contribution >= 4 is 5.91 Å². The lowest BCUT2D eigenvalue weighted by Gasteiger charge is -2.38. The third kappa shape index (κ3) is 3.38. The molecule has 1 fully saturated rings. The third-order valence-electron chi connectivity index (χ3n) is 3.66. The van der Waals surface area contributed by atoms with Crippen molar-refractivity contribution in [3.8, 4) is 5.75 Å². The molecule has 0 aliphatic carbocycles. The molecule has 1 aromatic rings. The van der Waals surface area contributed by atoms with Crippen LogP contribution in [0.2, 0.25) is 0 Å². The molecule has 21 heavy (non-hydrogen) atoms. The summed E-state index contributed by atoms with van der Waals surface area (Å²) in [5.74, 6) is 0.943. The summed E-state index contributed by atoms with van der Waals surface area (Å²) in [6.45, 7) is 10.1. The summed E-state index contributed by atoms with van der Waals surface area (Å²) in [4.78, 5) is 14.2. The fraction of sp³-hybridized carbons (Fsp3) is 0.588. The van der Waals surface area contributed by atoms with Crippen molar-refractivity contribution in [1.82, 2.24) is 4.90 Å². The van der Waals surface area contributed by atoms with Gasteiger partial charge in [-0.15, -0.1) is 0 Å². The normalized spacial score (nSPS) is 23.0. The number of benzene rings is 1. The zero-order valence-electron chi connectivity index (χ0n) is 13.6. The Morgan fingerprint density at radius 1 is 1.33 bits per heavy atom. The van der Waals surface area contributed by atoms with Crippen LogP contribution in [0.25, 0.3) is 0 Å². The van der Waals surface area contributed by atoms with Crippen molar-refractivity contribution in [2.45, 2.75) is 64.8 Å². The molecule has 1 saturated heterocycles. The number of likely N-dealkylation sites (tertiary alicyclic amines) is 1. The van der Waals surface area contributed by atoms with Crippen molar-refractivity contribution in [2.24, 2.45) is 5.73 Å². The zero-order chi connectivity index (χ0) is 15.8. The van der Waals surface area contributed by atoms with Crippen molar-refractivity contribution in [1.29, 1.82) is 0 Å². The van der Waals surface area contributed by atoms with Crippen LogP contribution in [-0.4, -0.2) is 28.5 Å². The van der Waals surface area contributed by atoms with Crippen LogP contribution in [0.1, 0.15) is 52.6 Å². The van der Waals surface area contributed by atoms with Crippen LogP contribution in [-0.2, 0) is 4.79 Å². The summed E-state index contributed by atoms with van der Waals surface area (Å²) in [6.07, 6.45) is 0.523. The summed E-state index contributed by atoms with van der Waals surface area (Å²) < 4.78 is 5.75. The number of ether oxygens (including phenoxy) is 1. The van der Waals surface area contributed by atoms with Gasteiger partial charge in [0.2, 0.25) is 5.91 Å². The minimum absolute atomic E-state index is 0.0896. The maximum Gasteiger partial charge on any atom is 0.225 e. The van der Waals surface area contributed by atoms with Gasteiger partial charge < -0.3 is 15.4 Å². The minimum atomic E-state index is -0.245. The molecular formula is C17H26N2O2. The van der Waals surface area contributed by atoms with Gasteiger partial charge in [0.05, 0.1) is 12.1 Å². The zero-order valence-corrected chi connectivity index (χ0v) is 13.6.